The summed E-state index contributed by atoms with van der Waals surface area (Å²) in [5, 5.41) is 4.91. The number of nitrogen functional groups attached to an aromatic ring is 1. The lowest BCUT2D eigenvalue weighted by Crippen LogP contribution is -2.28. The van der Waals surface area contributed by atoms with E-state index in [4.69, 9.17) is 15.2 Å². The van der Waals surface area contributed by atoms with Crippen LogP contribution in [0.2, 0.25) is 0 Å². The van der Waals surface area contributed by atoms with Gasteiger partial charge in [-0.3, -0.25) is 0 Å². The van der Waals surface area contributed by atoms with E-state index in [1.54, 1.807) is 30.1 Å². The second-order valence-corrected chi connectivity index (χ2v) is 5.57. The van der Waals surface area contributed by atoms with Crippen molar-refractivity contribution in [1.29, 1.82) is 0 Å². The Morgan fingerprint density at radius 3 is 2.88 bits per heavy atom. The third-order valence-electron chi connectivity index (χ3n) is 4.03. The summed E-state index contributed by atoms with van der Waals surface area (Å²) >= 11 is 0. The Balaban J connectivity index is 1.77. The summed E-state index contributed by atoms with van der Waals surface area (Å²) in [6, 6.07) is 3.27. The summed E-state index contributed by atoms with van der Waals surface area (Å²) in [5.41, 5.74) is 6.49. The van der Waals surface area contributed by atoms with E-state index in [2.05, 4.69) is 20.1 Å². The van der Waals surface area contributed by atoms with E-state index < -0.39 is 6.17 Å². The van der Waals surface area contributed by atoms with Crippen LogP contribution in [-0.4, -0.2) is 38.0 Å². The second kappa shape index (κ2) is 5.59. The number of ether oxygens (including phenoxy) is 2. The fraction of sp³-hybridized carbons (Fsp3) is 0.333. The average Bonchev–Trinajstić information content (AvgIpc) is 2.91. The molecular weight excluding hydrogens is 315 g/mol. The van der Waals surface area contributed by atoms with Gasteiger partial charge in [-0.15, -0.1) is 5.10 Å². The van der Waals surface area contributed by atoms with Gasteiger partial charge in [0, 0.05) is 25.1 Å². The topological polar surface area (TPSA) is 101 Å². The molecule has 3 aromatic rings. The number of hydrogen-bond acceptors (Lipinski definition) is 7. The molecule has 124 valence electrons. The Morgan fingerprint density at radius 1 is 1.29 bits per heavy atom. The highest BCUT2D eigenvalue weighted by molar-refractivity contribution is 5.90. The van der Waals surface area contributed by atoms with Crippen molar-refractivity contribution in [3.05, 3.63) is 24.7 Å². The van der Waals surface area contributed by atoms with E-state index in [1.165, 1.54) is 6.33 Å². The molecule has 3 heterocycles. The highest BCUT2D eigenvalue weighted by Gasteiger charge is 2.34. The Labute approximate surface area is 136 Å². The largest absolute Gasteiger partial charge is 0.497 e. The molecule has 0 spiro atoms. The van der Waals surface area contributed by atoms with Gasteiger partial charge in [-0.05, 0) is 6.07 Å². The molecule has 0 amide bonds. The number of methoxy groups -OCH3 is 1. The second-order valence-electron chi connectivity index (χ2n) is 5.57. The van der Waals surface area contributed by atoms with Crippen molar-refractivity contribution in [2.75, 3.05) is 12.8 Å². The predicted octanol–water partition coefficient (Wildman–Crippen LogP) is 2.28. The van der Waals surface area contributed by atoms with Crippen LogP contribution in [-0.2, 0) is 0 Å². The monoisotopic (exact) mass is 330 g/mol. The van der Waals surface area contributed by atoms with Gasteiger partial charge in [0.2, 0.25) is 5.88 Å². The molecule has 4 rings (SSSR count). The minimum atomic E-state index is -0.808. The number of anilines is 1. The summed E-state index contributed by atoms with van der Waals surface area (Å²) < 4.78 is 25.8. The molecule has 0 aliphatic heterocycles. The first-order valence-corrected chi connectivity index (χ1v) is 7.46. The first kappa shape index (κ1) is 14.6. The van der Waals surface area contributed by atoms with Gasteiger partial charge in [-0.25, -0.2) is 24.0 Å². The maximum atomic E-state index is 13.2. The molecule has 0 radical (unpaired) electrons. The van der Waals surface area contributed by atoms with Crippen LogP contribution in [0.1, 0.15) is 18.9 Å². The molecule has 1 aliphatic carbocycles. The van der Waals surface area contributed by atoms with Gasteiger partial charge in [-0.2, -0.15) is 0 Å². The molecule has 0 atom stereocenters. The van der Waals surface area contributed by atoms with Crippen LogP contribution in [0.4, 0.5) is 10.2 Å². The standard InChI is InChI=1S/C15H15FN6O2/c1-23-10-2-3-18-11(6-10)24-15-12-13(17)19-7-20-14(12)22(21-15)9-4-8(16)5-9/h2-3,6-9H,4-5H2,1H3,(H2,17,19,20). The molecule has 0 bridgehead atoms. The molecule has 0 aromatic carbocycles. The Hall–Kier alpha value is -2.97. The van der Waals surface area contributed by atoms with E-state index in [9.17, 15) is 4.39 Å². The van der Waals surface area contributed by atoms with E-state index >= 15 is 0 Å². The molecule has 0 unspecified atom stereocenters. The van der Waals surface area contributed by atoms with Crippen molar-refractivity contribution in [3.8, 4) is 17.5 Å². The van der Waals surface area contributed by atoms with E-state index in [1.807, 2.05) is 0 Å². The third-order valence-corrected chi connectivity index (χ3v) is 4.03. The minimum Gasteiger partial charge on any atom is -0.497 e. The van der Waals surface area contributed by atoms with Crippen molar-refractivity contribution in [2.45, 2.75) is 25.1 Å². The molecule has 2 N–H and O–H groups in total. The summed E-state index contributed by atoms with van der Waals surface area (Å²) in [6.07, 6.45) is 2.91. The lowest BCUT2D eigenvalue weighted by atomic mass is 9.91. The zero-order chi connectivity index (χ0) is 16.7. The van der Waals surface area contributed by atoms with Gasteiger partial charge in [0.25, 0.3) is 5.88 Å². The van der Waals surface area contributed by atoms with Crippen molar-refractivity contribution in [1.82, 2.24) is 24.7 Å². The van der Waals surface area contributed by atoms with E-state index in [-0.39, 0.29) is 17.7 Å². The smallest absolute Gasteiger partial charge is 0.253 e. The van der Waals surface area contributed by atoms with E-state index in [0.717, 1.165) is 0 Å². The summed E-state index contributed by atoms with van der Waals surface area (Å²) in [5.74, 6) is 1.40. The molecule has 24 heavy (non-hydrogen) atoms. The molecule has 1 saturated carbocycles. The Bertz CT molecular complexity index is 893. The molecule has 3 aromatic heterocycles. The first-order chi connectivity index (χ1) is 11.7. The molecule has 9 heteroatoms. The zero-order valence-electron chi connectivity index (χ0n) is 12.9. The number of fused-ring (bicyclic) bond motifs is 1. The lowest BCUT2D eigenvalue weighted by Gasteiger charge is -2.29. The summed E-state index contributed by atoms with van der Waals surface area (Å²) in [7, 11) is 1.55. The summed E-state index contributed by atoms with van der Waals surface area (Å²) in [6.45, 7) is 0. The van der Waals surface area contributed by atoms with Crippen LogP contribution in [0.3, 0.4) is 0 Å². The first-order valence-electron chi connectivity index (χ1n) is 7.46. The number of rotatable bonds is 4. The number of pyridine rings is 1. The van der Waals surface area contributed by atoms with Crippen LogP contribution in [0.25, 0.3) is 11.0 Å². The molecule has 1 aliphatic rings. The SMILES string of the molecule is COc1ccnc(Oc2nn(C3CC(F)C3)c3ncnc(N)c23)c1. The minimum absolute atomic E-state index is 0.0626. The van der Waals surface area contributed by atoms with Crippen LogP contribution < -0.4 is 15.2 Å². The van der Waals surface area contributed by atoms with Crippen LogP contribution in [0, 0.1) is 0 Å². The highest BCUT2D eigenvalue weighted by Crippen LogP contribution is 2.39. The van der Waals surface area contributed by atoms with Crippen LogP contribution in [0.5, 0.6) is 17.5 Å². The molecule has 1 fully saturated rings. The number of nitrogens with two attached hydrogens (primary N) is 1. The maximum absolute atomic E-state index is 13.2. The molecular formula is C15H15FN6O2. The summed E-state index contributed by atoms with van der Waals surface area (Å²) in [4.78, 5) is 12.3. The quantitative estimate of drug-likeness (QED) is 0.783. The third kappa shape index (κ3) is 2.38. The Morgan fingerprint density at radius 2 is 2.12 bits per heavy atom. The maximum Gasteiger partial charge on any atom is 0.253 e. The Kier molecular flexibility index (Phi) is 3.40. The number of aromatic nitrogens is 5. The molecule has 8 nitrogen and oxygen atoms in total. The van der Waals surface area contributed by atoms with E-state index in [0.29, 0.717) is 35.5 Å². The van der Waals surface area contributed by atoms with Gasteiger partial charge in [0.1, 0.15) is 29.5 Å². The number of halogens is 1. The number of alkyl halides is 1. The van der Waals surface area contributed by atoms with Crippen molar-refractivity contribution >= 4 is 16.9 Å². The lowest BCUT2D eigenvalue weighted by molar-refractivity contribution is 0.129. The number of nitrogens with zero attached hydrogens (tertiary/aromatic N) is 5. The van der Waals surface area contributed by atoms with Gasteiger partial charge < -0.3 is 15.2 Å². The normalized spacial score (nSPS) is 19.9. The van der Waals surface area contributed by atoms with Gasteiger partial charge in [0.15, 0.2) is 5.65 Å². The van der Waals surface area contributed by atoms with Crippen molar-refractivity contribution < 1.29 is 13.9 Å². The van der Waals surface area contributed by atoms with Gasteiger partial charge in [0.05, 0.1) is 13.2 Å². The zero-order valence-corrected chi connectivity index (χ0v) is 12.9. The highest BCUT2D eigenvalue weighted by atomic mass is 19.1. The molecule has 0 saturated heterocycles. The van der Waals surface area contributed by atoms with Crippen LogP contribution in [0.15, 0.2) is 24.7 Å². The fourth-order valence-electron chi connectivity index (χ4n) is 2.68. The fourth-order valence-corrected chi connectivity index (χ4v) is 2.68. The average molecular weight is 330 g/mol. The van der Waals surface area contributed by atoms with Gasteiger partial charge in [-0.1, -0.05) is 0 Å². The number of hydrogen-bond donors (Lipinski definition) is 1. The van der Waals surface area contributed by atoms with Crippen molar-refractivity contribution in [2.24, 2.45) is 0 Å². The van der Waals surface area contributed by atoms with Crippen molar-refractivity contribution in [3.63, 3.8) is 0 Å². The van der Waals surface area contributed by atoms with Crippen LogP contribution >= 0.6 is 0 Å². The van der Waals surface area contributed by atoms with Gasteiger partial charge >= 0.3 is 0 Å². The predicted molar refractivity (Wildman–Crippen MR) is 83.8 cm³/mol.